The minimum atomic E-state index is -0.788. The number of fused-ring (bicyclic) bond motifs is 1. The summed E-state index contributed by atoms with van der Waals surface area (Å²) < 4.78 is 18.9. The normalized spacial score (nSPS) is 14.6. The van der Waals surface area contributed by atoms with Crippen LogP contribution in [0.15, 0.2) is 101 Å². The molecule has 42 heavy (non-hydrogen) atoms. The Hall–Kier alpha value is -4.40. The van der Waals surface area contributed by atoms with E-state index in [1.54, 1.807) is 41.8 Å². The largest absolute Gasteiger partial charge is 0.494 e. The van der Waals surface area contributed by atoms with Crippen LogP contribution < -0.4 is 24.4 Å². The zero-order chi connectivity index (χ0) is 29.6. The second kappa shape index (κ2) is 13.1. The molecule has 5 rings (SSSR count). The Kier molecular flexibility index (Phi) is 9.05. The minimum Gasteiger partial charge on any atom is -0.494 e. The fourth-order valence-electron chi connectivity index (χ4n) is 4.72. The molecule has 0 saturated heterocycles. The predicted octanol–water partition coefficient (Wildman–Crippen LogP) is 5.55. The number of halogens is 1. The van der Waals surface area contributed by atoms with E-state index in [0.29, 0.717) is 50.3 Å². The average Bonchev–Trinajstić information content (AvgIpc) is 3.31. The third-order valence-corrected chi connectivity index (χ3v) is 7.71. The highest BCUT2D eigenvalue weighted by Crippen LogP contribution is 2.35. The van der Waals surface area contributed by atoms with Crippen molar-refractivity contribution >= 4 is 40.7 Å². The summed E-state index contributed by atoms with van der Waals surface area (Å²) >= 11 is 7.53. The molecule has 3 aromatic carbocycles. The number of thiazole rings is 1. The Morgan fingerprint density at radius 2 is 1.81 bits per heavy atom. The highest BCUT2D eigenvalue weighted by atomic mass is 35.5. The van der Waals surface area contributed by atoms with Gasteiger partial charge in [0.25, 0.3) is 5.56 Å². The third kappa shape index (κ3) is 5.95. The third-order valence-electron chi connectivity index (χ3n) is 6.50. The van der Waals surface area contributed by atoms with E-state index in [1.165, 1.54) is 11.3 Å². The van der Waals surface area contributed by atoms with Gasteiger partial charge in [0.15, 0.2) is 4.80 Å². The van der Waals surface area contributed by atoms with Crippen molar-refractivity contribution in [2.75, 3.05) is 19.8 Å². The topological polar surface area (TPSA) is 79.1 Å². The summed E-state index contributed by atoms with van der Waals surface area (Å²) in [5.41, 5.74) is 2.53. The number of carbonyl (C=O) groups excluding carboxylic acids is 1. The van der Waals surface area contributed by atoms with Gasteiger partial charge in [0.2, 0.25) is 0 Å². The lowest BCUT2D eigenvalue weighted by Gasteiger charge is -2.26. The first-order chi connectivity index (χ1) is 20.4. The summed E-state index contributed by atoms with van der Waals surface area (Å²) in [5.74, 6) is 0.709. The zero-order valence-electron chi connectivity index (χ0n) is 23.2. The van der Waals surface area contributed by atoms with E-state index in [0.717, 1.165) is 11.1 Å². The highest BCUT2D eigenvalue weighted by molar-refractivity contribution is 7.07. The van der Waals surface area contributed by atoms with Crippen molar-refractivity contribution in [1.29, 1.82) is 0 Å². The Labute approximate surface area is 252 Å². The Balaban J connectivity index is 1.79. The number of hydrogen-bond donors (Lipinski definition) is 0. The summed E-state index contributed by atoms with van der Waals surface area (Å²) in [4.78, 5) is 33.1. The van der Waals surface area contributed by atoms with Gasteiger partial charge in [-0.05, 0) is 55.8 Å². The molecule has 0 unspecified atom stereocenters. The number of esters is 1. The summed E-state index contributed by atoms with van der Waals surface area (Å²) in [6.07, 6.45) is 3.38. The molecular formula is C33H29ClN2O5S. The van der Waals surface area contributed by atoms with Crippen LogP contribution in [0.4, 0.5) is 0 Å². The first-order valence-electron chi connectivity index (χ1n) is 13.5. The molecule has 1 aromatic heterocycles. The lowest BCUT2D eigenvalue weighted by atomic mass is 9.93. The molecule has 0 amide bonds. The molecule has 0 fully saturated rings. The van der Waals surface area contributed by atoms with Crippen LogP contribution in [-0.4, -0.2) is 30.4 Å². The maximum Gasteiger partial charge on any atom is 0.338 e. The minimum absolute atomic E-state index is 0.174. The standard InChI is InChI=1S/C33H29ClN2O5S/c1-4-18-41-26-17-14-24(34)19-23(26)20-27-31(37)36-30(22-12-15-25(16-13-22)39-5-2)28(32(38)40-6-3)29(35-33(36)42-27)21-10-8-7-9-11-21/h4,7-17,19-20,30H,1,5-6,18H2,2-3H3/b27-20-/t30-/m1/s1. The van der Waals surface area contributed by atoms with E-state index in [-0.39, 0.29) is 17.7 Å². The second-order valence-electron chi connectivity index (χ2n) is 9.22. The van der Waals surface area contributed by atoms with Crippen molar-refractivity contribution in [3.8, 4) is 11.5 Å². The van der Waals surface area contributed by atoms with E-state index < -0.39 is 12.0 Å². The van der Waals surface area contributed by atoms with Gasteiger partial charge in [0, 0.05) is 16.1 Å². The maximum absolute atomic E-state index is 14.1. The van der Waals surface area contributed by atoms with E-state index in [1.807, 2.05) is 61.5 Å². The van der Waals surface area contributed by atoms with Crippen LogP contribution in [0, 0.1) is 0 Å². The van der Waals surface area contributed by atoms with E-state index in [2.05, 4.69) is 6.58 Å². The molecular weight excluding hydrogens is 572 g/mol. The van der Waals surface area contributed by atoms with Crippen molar-refractivity contribution in [2.24, 2.45) is 4.99 Å². The van der Waals surface area contributed by atoms with Crippen molar-refractivity contribution in [1.82, 2.24) is 4.57 Å². The number of hydrogen-bond acceptors (Lipinski definition) is 7. The lowest BCUT2D eigenvalue weighted by Crippen LogP contribution is -2.40. The molecule has 1 aliphatic rings. The Bertz CT molecular complexity index is 1820. The molecule has 4 aromatic rings. The number of aromatic nitrogens is 1. The fraction of sp³-hybridized carbons (Fsp3) is 0.182. The molecule has 2 heterocycles. The quantitative estimate of drug-likeness (QED) is 0.176. The van der Waals surface area contributed by atoms with Crippen molar-refractivity contribution in [3.63, 3.8) is 0 Å². The number of benzene rings is 3. The molecule has 0 radical (unpaired) electrons. The number of nitrogens with zero attached hydrogens (tertiary/aromatic N) is 2. The van der Waals surface area contributed by atoms with Gasteiger partial charge >= 0.3 is 5.97 Å². The van der Waals surface area contributed by atoms with Crippen LogP contribution in [-0.2, 0) is 9.53 Å². The van der Waals surface area contributed by atoms with Gasteiger partial charge < -0.3 is 14.2 Å². The van der Waals surface area contributed by atoms with Crippen molar-refractivity contribution in [2.45, 2.75) is 19.9 Å². The van der Waals surface area contributed by atoms with E-state index in [4.69, 9.17) is 30.8 Å². The second-order valence-corrected chi connectivity index (χ2v) is 10.7. The first-order valence-corrected chi connectivity index (χ1v) is 14.7. The van der Waals surface area contributed by atoms with E-state index >= 15 is 0 Å². The molecule has 0 saturated carbocycles. The zero-order valence-corrected chi connectivity index (χ0v) is 24.8. The fourth-order valence-corrected chi connectivity index (χ4v) is 5.89. The van der Waals surface area contributed by atoms with Crippen LogP contribution in [0.25, 0.3) is 11.8 Å². The van der Waals surface area contributed by atoms with Crippen molar-refractivity contribution < 1.29 is 19.0 Å². The smallest absolute Gasteiger partial charge is 0.338 e. The molecule has 0 spiro atoms. The monoisotopic (exact) mass is 600 g/mol. The van der Waals surface area contributed by atoms with E-state index in [9.17, 15) is 9.59 Å². The van der Waals surface area contributed by atoms with Crippen LogP contribution in [0.1, 0.15) is 36.6 Å². The van der Waals surface area contributed by atoms with Crippen LogP contribution >= 0.6 is 22.9 Å². The molecule has 1 atom stereocenters. The first kappa shape index (κ1) is 29.1. The molecule has 7 nitrogen and oxygen atoms in total. The number of rotatable bonds is 10. The molecule has 9 heteroatoms. The lowest BCUT2D eigenvalue weighted by molar-refractivity contribution is -0.138. The Morgan fingerprint density at radius 3 is 2.50 bits per heavy atom. The molecule has 0 N–H and O–H groups in total. The van der Waals surface area contributed by atoms with Gasteiger partial charge in [0.05, 0.1) is 35.1 Å². The van der Waals surface area contributed by atoms with Gasteiger partial charge in [-0.25, -0.2) is 9.79 Å². The maximum atomic E-state index is 14.1. The van der Waals surface area contributed by atoms with Gasteiger partial charge in [-0.2, -0.15) is 0 Å². The Morgan fingerprint density at radius 1 is 1.05 bits per heavy atom. The molecule has 214 valence electrons. The number of ether oxygens (including phenoxy) is 3. The number of carbonyl (C=O) groups is 1. The summed E-state index contributed by atoms with van der Waals surface area (Å²) in [7, 11) is 0. The van der Waals surface area contributed by atoms with Gasteiger partial charge in [0.1, 0.15) is 18.1 Å². The van der Waals surface area contributed by atoms with Gasteiger partial charge in [-0.3, -0.25) is 9.36 Å². The summed E-state index contributed by atoms with van der Waals surface area (Å²) in [6, 6.07) is 21.2. The summed E-state index contributed by atoms with van der Waals surface area (Å²) in [6.45, 7) is 8.36. The van der Waals surface area contributed by atoms with Crippen LogP contribution in [0.5, 0.6) is 11.5 Å². The van der Waals surface area contributed by atoms with Crippen LogP contribution in [0.2, 0.25) is 5.02 Å². The predicted molar refractivity (Wildman–Crippen MR) is 166 cm³/mol. The van der Waals surface area contributed by atoms with Crippen molar-refractivity contribution in [3.05, 3.63) is 132 Å². The summed E-state index contributed by atoms with van der Waals surface area (Å²) in [5, 5.41) is 0.503. The van der Waals surface area contributed by atoms with Gasteiger partial charge in [-0.15, -0.1) is 0 Å². The average molecular weight is 601 g/mol. The highest BCUT2D eigenvalue weighted by Gasteiger charge is 2.35. The van der Waals surface area contributed by atoms with Crippen LogP contribution in [0.3, 0.4) is 0 Å². The SMILES string of the molecule is C=CCOc1ccc(Cl)cc1/C=c1\sc2n(c1=O)[C@H](c1ccc(OCC)cc1)C(C(=O)OCC)=C(c1ccccc1)N=2. The van der Waals surface area contributed by atoms with Gasteiger partial charge in [-0.1, -0.05) is 78.1 Å². The molecule has 0 bridgehead atoms. The molecule has 0 aliphatic carbocycles. The molecule has 1 aliphatic heterocycles.